The molecular formula is C7H12O. The van der Waals surface area contributed by atoms with Gasteiger partial charge >= 0.3 is 0 Å². The van der Waals surface area contributed by atoms with E-state index in [2.05, 4.69) is 0 Å². The van der Waals surface area contributed by atoms with E-state index in [0.717, 1.165) is 11.8 Å². The lowest BCUT2D eigenvalue weighted by Crippen LogP contribution is -1.88. The van der Waals surface area contributed by atoms with Crippen LogP contribution in [0, 0.1) is 17.8 Å². The van der Waals surface area contributed by atoms with Gasteiger partial charge in [-0.25, -0.2) is 0 Å². The Morgan fingerprint density at radius 2 is 2.12 bits per heavy atom. The Kier molecular flexibility index (Phi) is 0.884. The summed E-state index contributed by atoms with van der Waals surface area (Å²) in [4.78, 5) is 0. The fourth-order valence-corrected chi connectivity index (χ4v) is 1.58. The molecule has 0 aromatic heterocycles. The van der Waals surface area contributed by atoms with Gasteiger partial charge in [0.05, 0.1) is 0 Å². The SMILES string of the molecule is OC[C@@H]1C[C@H]1C1CC1. The van der Waals surface area contributed by atoms with Crippen LogP contribution in [-0.2, 0) is 0 Å². The first-order valence-electron chi connectivity index (χ1n) is 3.52. The molecule has 1 nitrogen and oxygen atoms in total. The second kappa shape index (κ2) is 1.47. The topological polar surface area (TPSA) is 20.2 Å². The molecule has 0 spiro atoms. The summed E-state index contributed by atoms with van der Waals surface area (Å²) in [5.41, 5.74) is 0. The zero-order chi connectivity index (χ0) is 5.56. The van der Waals surface area contributed by atoms with Gasteiger partial charge in [-0.05, 0) is 37.0 Å². The van der Waals surface area contributed by atoms with Crippen LogP contribution in [0.15, 0.2) is 0 Å². The minimum absolute atomic E-state index is 0.446. The van der Waals surface area contributed by atoms with E-state index < -0.39 is 0 Å². The number of aliphatic hydroxyl groups is 1. The highest BCUT2D eigenvalue weighted by Crippen LogP contribution is 2.53. The lowest BCUT2D eigenvalue weighted by molar-refractivity contribution is 0.266. The summed E-state index contributed by atoms with van der Waals surface area (Å²) < 4.78 is 0. The van der Waals surface area contributed by atoms with Crippen LogP contribution >= 0.6 is 0 Å². The number of rotatable bonds is 2. The van der Waals surface area contributed by atoms with Gasteiger partial charge in [0.2, 0.25) is 0 Å². The van der Waals surface area contributed by atoms with Crippen LogP contribution in [0.2, 0.25) is 0 Å². The predicted octanol–water partition coefficient (Wildman–Crippen LogP) is 1.02. The Bertz CT molecular complexity index is 96.6. The third kappa shape index (κ3) is 0.655. The van der Waals surface area contributed by atoms with Crippen LogP contribution in [-0.4, -0.2) is 11.7 Å². The molecular weight excluding hydrogens is 100 g/mol. The fourth-order valence-electron chi connectivity index (χ4n) is 1.58. The molecule has 8 heavy (non-hydrogen) atoms. The largest absolute Gasteiger partial charge is 0.396 e. The average Bonchev–Trinajstić information content (AvgIpc) is 2.62. The lowest BCUT2D eigenvalue weighted by Gasteiger charge is -1.87. The van der Waals surface area contributed by atoms with Crippen molar-refractivity contribution >= 4 is 0 Å². The number of aliphatic hydroxyl groups excluding tert-OH is 1. The van der Waals surface area contributed by atoms with Gasteiger partial charge in [0.15, 0.2) is 0 Å². The van der Waals surface area contributed by atoms with Crippen molar-refractivity contribution in [3.63, 3.8) is 0 Å². The Morgan fingerprint density at radius 1 is 1.38 bits per heavy atom. The minimum Gasteiger partial charge on any atom is -0.396 e. The van der Waals surface area contributed by atoms with E-state index in [4.69, 9.17) is 5.11 Å². The van der Waals surface area contributed by atoms with E-state index in [0.29, 0.717) is 12.5 Å². The Labute approximate surface area is 49.7 Å². The molecule has 0 aromatic carbocycles. The fraction of sp³-hybridized carbons (Fsp3) is 1.00. The zero-order valence-corrected chi connectivity index (χ0v) is 5.01. The molecule has 2 aliphatic carbocycles. The molecule has 0 amide bonds. The summed E-state index contributed by atoms with van der Waals surface area (Å²) in [5, 5.41) is 8.65. The van der Waals surface area contributed by atoms with Gasteiger partial charge in [0.25, 0.3) is 0 Å². The van der Waals surface area contributed by atoms with Crippen LogP contribution in [0.25, 0.3) is 0 Å². The highest BCUT2D eigenvalue weighted by atomic mass is 16.3. The van der Waals surface area contributed by atoms with Crippen LogP contribution in [0.5, 0.6) is 0 Å². The lowest BCUT2D eigenvalue weighted by atomic mass is 10.2. The predicted molar refractivity (Wildman–Crippen MR) is 31.4 cm³/mol. The molecule has 2 saturated carbocycles. The van der Waals surface area contributed by atoms with Crippen LogP contribution in [0.4, 0.5) is 0 Å². The summed E-state index contributed by atoms with van der Waals surface area (Å²) in [6.07, 6.45) is 4.21. The third-order valence-electron chi connectivity index (χ3n) is 2.44. The van der Waals surface area contributed by atoms with Gasteiger partial charge in [-0.3, -0.25) is 0 Å². The Hall–Kier alpha value is -0.0400. The molecule has 0 heterocycles. The summed E-state index contributed by atoms with van der Waals surface area (Å²) in [7, 11) is 0. The van der Waals surface area contributed by atoms with Crippen molar-refractivity contribution in [3.8, 4) is 0 Å². The standard InChI is InChI=1S/C7H12O/c8-4-6-3-7(6)5-1-2-5/h5-8H,1-4H2/t6-,7-/m0/s1. The molecule has 1 heteroatoms. The van der Waals surface area contributed by atoms with E-state index in [-0.39, 0.29) is 0 Å². The molecule has 2 atom stereocenters. The van der Waals surface area contributed by atoms with Crippen molar-refractivity contribution in [1.82, 2.24) is 0 Å². The smallest absolute Gasteiger partial charge is 0.0462 e. The average molecular weight is 112 g/mol. The highest BCUT2D eigenvalue weighted by Gasteiger charge is 2.46. The summed E-state index contributed by atoms with van der Waals surface area (Å²) >= 11 is 0. The number of hydrogen-bond acceptors (Lipinski definition) is 1. The van der Waals surface area contributed by atoms with E-state index in [1.54, 1.807) is 0 Å². The molecule has 1 N–H and O–H groups in total. The van der Waals surface area contributed by atoms with E-state index in [9.17, 15) is 0 Å². The van der Waals surface area contributed by atoms with Gasteiger partial charge in [-0.2, -0.15) is 0 Å². The number of hydrogen-bond donors (Lipinski definition) is 1. The molecule has 0 radical (unpaired) electrons. The molecule has 2 fully saturated rings. The molecule has 0 saturated heterocycles. The maximum absolute atomic E-state index is 8.65. The highest BCUT2D eigenvalue weighted by molar-refractivity contribution is 4.96. The van der Waals surface area contributed by atoms with Crippen molar-refractivity contribution in [2.24, 2.45) is 17.8 Å². The van der Waals surface area contributed by atoms with Crippen molar-refractivity contribution in [2.75, 3.05) is 6.61 Å². The van der Waals surface area contributed by atoms with Gasteiger partial charge in [0.1, 0.15) is 0 Å². The molecule has 46 valence electrons. The van der Waals surface area contributed by atoms with Crippen molar-refractivity contribution in [1.29, 1.82) is 0 Å². The van der Waals surface area contributed by atoms with Crippen molar-refractivity contribution in [3.05, 3.63) is 0 Å². The summed E-state index contributed by atoms with van der Waals surface area (Å²) in [6, 6.07) is 0. The van der Waals surface area contributed by atoms with E-state index in [1.807, 2.05) is 0 Å². The van der Waals surface area contributed by atoms with E-state index >= 15 is 0 Å². The van der Waals surface area contributed by atoms with Gasteiger partial charge in [-0.1, -0.05) is 0 Å². The van der Waals surface area contributed by atoms with Gasteiger partial charge in [-0.15, -0.1) is 0 Å². The molecule has 0 aliphatic heterocycles. The zero-order valence-electron chi connectivity index (χ0n) is 5.01. The molecule has 0 unspecified atom stereocenters. The van der Waals surface area contributed by atoms with Crippen molar-refractivity contribution < 1.29 is 5.11 Å². The minimum atomic E-state index is 0.446. The monoisotopic (exact) mass is 112 g/mol. The quantitative estimate of drug-likeness (QED) is 0.565. The maximum Gasteiger partial charge on any atom is 0.0462 e. The second-order valence-corrected chi connectivity index (χ2v) is 3.18. The molecule has 0 aromatic rings. The summed E-state index contributed by atoms with van der Waals surface area (Å²) in [5.74, 6) is 2.69. The van der Waals surface area contributed by atoms with Crippen molar-refractivity contribution in [2.45, 2.75) is 19.3 Å². The van der Waals surface area contributed by atoms with Crippen LogP contribution < -0.4 is 0 Å². The summed E-state index contributed by atoms with van der Waals surface area (Å²) in [6.45, 7) is 0.446. The second-order valence-electron chi connectivity index (χ2n) is 3.18. The first-order chi connectivity index (χ1) is 3.92. The molecule has 2 aliphatic rings. The molecule has 0 bridgehead atoms. The van der Waals surface area contributed by atoms with Gasteiger partial charge in [0, 0.05) is 6.61 Å². The Morgan fingerprint density at radius 3 is 2.50 bits per heavy atom. The Balaban J connectivity index is 1.79. The van der Waals surface area contributed by atoms with Crippen LogP contribution in [0.1, 0.15) is 19.3 Å². The molecule has 2 rings (SSSR count). The first kappa shape index (κ1) is 4.80. The first-order valence-corrected chi connectivity index (χ1v) is 3.52. The third-order valence-corrected chi connectivity index (χ3v) is 2.44. The normalized spacial score (nSPS) is 44.6. The maximum atomic E-state index is 8.65. The van der Waals surface area contributed by atoms with Crippen LogP contribution in [0.3, 0.4) is 0 Å². The van der Waals surface area contributed by atoms with E-state index in [1.165, 1.54) is 19.3 Å². The van der Waals surface area contributed by atoms with Gasteiger partial charge < -0.3 is 5.11 Å².